The van der Waals surface area contributed by atoms with E-state index in [0.717, 1.165) is 12.7 Å². The van der Waals surface area contributed by atoms with Gasteiger partial charge in [0, 0.05) is 31.5 Å². The number of amides is 1. The van der Waals surface area contributed by atoms with Crippen molar-refractivity contribution in [3.05, 3.63) is 65.4 Å². The number of benzene rings is 1. The first-order valence-corrected chi connectivity index (χ1v) is 7.85. The number of carbonyl (C=O) groups excluding carboxylic acids is 1. The maximum absolute atomic E-state index is 14.2. The topological polar surface area (TPSA) is 69.0 Å². The minimum absolute atomic E-state index is 0.00233. The lowest BCUT2D eigenvalue weighted by Crippen LogP contribution is -2.25. The third-order valence-corrected chi connectivity index (χ3v) is 3.87. The van der Waals surface area contributed by atoms with Gasteiger partial charge in [0.1, 0.15) is 0 Å². The Hall–Kier alpha value is -3.36. The summed E-state index contributed by atoms with van der Waals surface area (Å²) in [5.41, 5.74) is 1.32. The molecular weight excluding hydrogens is 361 g/mol. The highest BCUT2D eigenvalue weighted by molar-refractivity contribution is 5.95. The van der Waals surface area contributed by atoms with E-state index in [0.29, 0.717) is 17.3 Å². The van der Waals surface area contributed by atoms with Gasteiger partial charge in [0.2, 0.25) is 5.82 Å². The second-order valence-electron chi connectivity index (χ2n) is 5.66. The van der Waals surface area contributed by atoms with Crippen LogP contribution >= 0.6 is 0 Å². The highest BCUT2D eigenvalue weighted by atomic mass is 19.2. The third-order valence-electron chi connectivity index (χ3n) is 3.87. The first-order valence-electron chi connectivity index (χ1n) is 7.85. The van der Waals surface area contributed by atoms with Crippen molar-refractivity contribution in [2.75, 3.05) is 7.11 Å². The maximum Gasteiger partial charge on any atom is 0.254 e. The van der Waals surface area contributed by atoms with E-state index >= 15 is 0 Å². The number of pyridine rings is 1. The Labute approximate surface area is 152 Å². The predicted molar refractivity (Wildman–Crippen MR) is 90.5 cm³/mol. The van der Waals surface area contributed by atoms with Gasteiger partial charge in [0.25, 0.3) is 5.91 Å². The van der Waals surface area contributed by atoms with E-state index in [1.807, 2.05) is 0 Å². The van der Waals surface area contributed by atoms with Gasteiger partial charge in [-0.15, -0.1) is 0 Å². The van der Waals surface area contributed by atoms with Crippen molar-refractivity contribution < 1.29 is 22.7 Å². The molecule has 27 heavy (non-hydrogen) atoms. The molecule has 0 fully saturated rings. The lowest BCUT2D eigenvalue weighted by atomic mass is 10.1. The molecule has 2 heterocycles. The molecule has 0 radical (unpaired) electrons. The van der Waals surface area contributed by atoms with Crippen LogP contribution in [0, 0.1) is 17.5 Å². The molecule has 1 aromatic carbocycles. The summed E-state index contributed by atoms with van der Waals surface area (Å²) in [5.74, 6) is -6.00. The molecule has 0 saturated heterocycles. The predicted octanol–water partition coefficient (Wildman–Crippen LogP) is 2.84. The number of rotatable bonds is 5. The van der Waals surface area contributed by atoms with E-state index in [4.69, 9.17) is 0 Å². The van der Waals surface area contributed by atoms with Crippen LogP contribution in [0.3, 0.4) is 0 Å². The lowest BCUT2D eigenvalue weighted by Gasteiger charge is -2.11. The summed E-state index contributed by atoms with van der Waals surface area (Å²) in [5, 5.41) is 6.55. The molecule has 0 aliphatic rings. The fourth-order valence-corrected chi connectivity index (χ4v) is 2.58. The molecule has 0 atom stereocenters. The fraction of sp³-hybridized carbons (Fsp3) is 0.167. The molecular formula is C18H15F3N4O2. The molecule has 0 aliphatic carbocycles. The van der Waals surface area contributed by atoms with Crippen LogP contribution in [0.15, 0.2) is 36.8 Å². The average Bonchev–Trinajstić information content (AvgIpc) is 3.09. The normalized spacial score (nSPS) is 10.7. The molecule has 9 heteroatoms. The summed E-state index contributed by atoms with van der Waals surface area (Å²) in [6.45, 7) is -0.00233. The smallest absolute Gasteiger partial charge is 0.254 e. The van der Waals surface area contributed by atoms with Gasteiger partial charge in [0.15, 0.2) is 17.4 Å². The van der Waals surface area contributed by atoms with Gasteiger partial charge in [-0.3, -0.25) is 14.5 Å². The number of carbonyl (C=O) groups is 1. The minimum atomic E-state index is -1.49. The SMILES string of the molecule is COc1c(F)c(F)cc(C(=O)NCc2cccnc2-c2cnn(C)c2)c1F. The van der Waals surface area contributed by atoms with Gasteiger partial charge in [-0.1, -0.05) is 6.07 Å². The first kappa shape index (κ1) is 18.4. The summed E-state index contributed by atoms with van der Waals surface area (Å²) >= 11 is 0. The van der Waals surface area contributed by atoms with Crippen LogP contribution in [0.2, 0.25) is 0 Å². The summed E-state index contributed by atoms with van der Waals surface area (Å²) in [7, 11) is 2.74. The van der Waals surface area contributed by atoms with Crippen LogP contribution in [-0.2, 0) is 13.6 Å². The molecule has 0 spiro atoms. The Kier molecular flexibility index (Phi) is 5.11. The van der Waals surface area contributed by atoms with Gasteiger partial charge in [-0.05, 0) is 17.7 Å². The number of aromatic nitrogens is 3. The maximum atomic E-state index is 14.2. The fourth-order valence-electron chi connectivity index (χ4n) is 2.58. The molecule has 140 valence electrons. The number of nitrogens with one attached hydrogen (secondary N) is 1. The Morgan fingerprint density at radius 2 is 2.07 bits per heavy atom. The quantitative estimate of drug-likeness (QED) is 0.696. The number of hydrogen-bond acceptors (Lipinski definition) is 4. The van der Waals surface area contributed by atoms with Crippen LogP contribution in [0.4, 0.5) is 13.2 Å². The van der Waals surface area contributed by atoms with Gasteiger partial charge < -0.3 is 10.1 Å². The van der Waals surface area contributed by atoms with Gasteiger partial charge in [0.05, 0.1) is 24.6 Å². The zero-order valence-electron chi connectivity index (χ0n) is 14.5. The van der Waals surface area contributed by atoms with Gasteiger partial charge in [-0.2, -0.15) is 9.49 Å². The summed E-state index contributed by atoms with van der Waals surface area (Å²) in [6.07, 6.45) is 4.97. The molecule has 3 rings (SSSR count). The summed E-state index contributed by atoms with van der Waals surface area (Å²) in [6, 6.07) is 3.91. The Morgan fingerprint density at radius 3 is 2.74 bits per heavy atom. The molecule has 0 aliphatic heterocycles. The minimum Gasteiger partial charge on any atom is -0.491 e. The number of halogens is 3. The van der Waals surface area contributed by atoms with E-state index < -0.39 is 34.7 Å². The van der Waals surface area contributed by atoms with Crippen molar-refractivity contribution in [2.24, 2.45) is 7.05 Å². The van der Waals surface area contributed by atoms with Crippen LogP contribution in [0.5, 0.6) is 5.75 Å². The molecule has 1 amide bonds. The van der Waals surface area contributed by atoms with Crippen LogP contribution in [-0.4, -0.2) is 27.8 Å². The zero-order chi connectivity index (χ0) is 19.6. The molecule has 0 bridgehead atoms. The van der Waals surface area contributed by atoms with Crippen LogP contribution in [0.25, 0.3) is 11.3 Å². The van der Waals surface area contributed by atoms with Crippen molar-refractivity contribution in [3.63, 3.8) is 0 Å². The molecule has 0 unspecified atom stereocenters. The van der Waals surface area contributed by atoms with Crippen LogP contribution < -0.4 is 10.1 Å². The standard InChI is InChI=1S/C18H15F3N4O2/c1-25-9-11(8-24-25)16-10(4-3-5-22-16)7-23-18(26)12-6-13(19)15(21)17(27-2)14(12)20/h3-6,8-9H,7H2,1-2H3,(H,23,26). The molecule has 2 aromatic heterocycles. The highest BCUT2D eigenvalue weighted by Crippen LogP contribution is 2.27. The summed E-state index contributed by atoms with van der Waals surface area (Å²) < 4.78 is 47.4. The summed E-state index contributed by atoms with van der Waals surface area (Å²) in [4.78, 5) is 16.6. The van der Waals surface area contributed by atoms with Crippen molar-refractivity contribution in [3.8, 4) is 17.0 Å². The van der Waals surface area contributed by atoms with Crippen molar-refractivity contribution >= 4 is 5.91 Å². The van der Waals surface area contributed by atoms with E-state index in [1.54, 1.807) is 42.5 Å². The monoisotopic (exact) mass is 376 g/mol. The van der Waals surface area contributed by atoms with Crippen molar-refractivity contribution in [2.45, 2.75) is 6.54 Å². The lowest BCUT2D eigenvalue weighted by molar-refractivity contribution is 0.0945. The number of methoxy groups -OCH3 is 1. The van der Waals surface area contributed by atoms with E-state index in [-0.39, 0.29) is 6.54 Å². The number of hydrogen-bond donors (Lipinski definition) is 1. The Bertz CT molecular complexity index is 1000. The Morgan fingerprint density at radius 1 is 1.30 bits per heavy atom. The van der Waals surface area contributed by atoms with Crippen molar-refractivity contribution in [1.29, 1.82) is 0 Å². The molecule has 6 nitrogen and oxygen atoms in total. The number of ether oxygens (including phenoxy) is 1. The van der Waals surface area contributed by atoms with Gasteiger partial charge >= 0.3 is 0 Å². The number of aryl methyl sites for hydroxylation is 1. The second kappa shape index (κ2) is 7.48. The van der Waals surface area contributed by atoms with Gasteiger partial charge in [-0.25, -0.2) is 8.78 Å². The van der Waals surface area contributed by atoms with E-state index in [9.17, 15) is 18.0 Å². The largest absolute Gasteiger partial charge is 0.491 e. The molecule has 1 N–H and O–H groups in total. The van der Waals surface area contributed by atoms with Crippen molar-refractivity contribution in [1.82, 2.24) is 20.1 Å². The third kappa shape index (κ3) is 3.62. The second-order valence-corrected chi connectivity index (χ2v) is 5.66. The van der Waals surface area contributed by atoms with Crippen LogP contribution in [0.1, 0.15) is 15.9 Å². The zero-order valence-corrected chi connectivity index (χ0v) is 14.5. The highest BCUT2D eigenvalue weighted by Gasteiger charge is 2.23. The first-order chi connectivity index (χ1) is 12.9. The van der Waals surface area contributed by atoms with E-state index in [2.05, 4.69) is 20.1 Å². The van der Waals surface area contributed by atoms with E-state index in [1.165, 1.54) is 0 Å². The number of nitrogens with zero attached hydrogens (tertiary/aromatic N) is 3. The molecule has 0 saturated carbocycles. The average molecular weight is 376 g/mol. The Balaban J connectivity index is 1.85. The molecule has 3 aromatic rings.